The Kier molecular flexibility index (Phi) is 12.2. The summed E-state index contributed by atoms with van der Waals surface area (Å²) in [6, 6.07) is 0. The van der Waals surface area contributed by atoms with Crippen molar-refractivity contribution in [2.24, 2.45) is 11.8 Å². The van der Waals surface area contributed by atoms with Gasteiger partial charge < -0.3 is 9.80 Å². The number of hydrogen-bond donors (Lipinski definition) is 0. The first kappa shape index (κ1) is 22.9. The molecule has 2 fully saturated rings. The maximum atomic E-state index is 14.9. The molecule has 3 heteroatoms. The average molecular weight is 331 g/mol. The molecule has 0 bridgehead atoms. The van der Waals surface area contributed by atoms with Gasteiger partial charge in [0, 0.05) is 19.6 Å². The van der Waals surface area contributed by atoms with Gasteiger partial charge >= 0.3 is 0 Å². The standard InChI is InChI=1S/C16H31FN2.2C2H6/c1-4-18-11-7-16(17,8-12-18)13-19-9-5-15(6-10-19)14(2)3;2*1-2/h14-15H,4-13H2,1-3H3;2*1-2H3. The second-order valence-corrected chi connectivity index (χ2v) is 6.94. The second-order valence-electron chi connectivity index (χ2n) is 6.94. The summed E-state index contributed by atoms with van der Waals surface area (Å²) in [5, 5.41) is 0. The molecule has 0 amide bonds. The molecule has 2 heterocycles. The minimum atomic E-state index is -0.920. The van der Waals surface area contributed by atoms with E-state index in [0.717, 1.165) is 57.4 Å². The van der Waals surface area contributed by atoms with Crippen LogP contribution in [0.3, 0.4) is 0 Å². The van der Waals surface area contributed by atoms with E-state index in [1.165, 1.54) is 12.8 Å². The van der Waals surface area contributed by atoms with Gasteiger partial charge in [-0.2, -0.15) is 0 Å². The van der Waals surface area contributed by atoms with Crippen molar-refractivity contribution >= 4 is 0 Å². The molecule has 0 aromatic carbocycles. The normalized spacial score (nSPS) is 22.8. The third-order valence-electron chi connectivity index (χ3n) is 5.28. The summed E-state index contributed by atoms with van der Waals surface area (Å²) in [7, 11) is 0. The van der Waals surface area contributed by atoms with Crippen molar-refractivity contribution in [3.05, 3.63) is 0 Å². The van der Waals surface area contributed by atoms with Crippen molar-refractivity contribution in [2.75, 3.05) is 39.3 Å². The van der Waals surface area contributed by atoms with E-state index in [4.69, 9.17) is 0 Å². The molecule has 0 saturated carbocycles. The molecule has 0 aromatic rings. The summed E-state index contributed by atoms with van der Waals surface area (Å²) < 4.78 is 14.9. The Morgan fingerprint density at radius 3 is 1.78 bits per heavy atom. The molecule has 140 valence electrons. The van der Waals surface area contributed by atoms with Gasteiger partial charge in [-0.3, -0.25) is 0 Å². The van der Waals surface area contributed by atoms with Crippen LogP contribution >= 0.6 is 0 Å². The average Bonchev–Trinajstić information content (AvgIpc) is 2.59. The van der Waals surface area contributed by atoms with Crippen LogP contribution in [0.1, 0.15) is 74.1 Å². The number of halogens is 1. The number of nitrogens with zero attached hydrogens (tertiary/aromatic N) is 2. The Bertz CT molecular complexity index is 265. The summed E-state index contributed by atoms with van der Waals surface area (Å²) in [5.41, 5.74) is -0.920. The van der Waals surface area contributed by atoms with E-state index in [2.05, 4.69) is 30.6 Å². The van der Waals surface area contributed by atoms with Crippen molar-refractivity contribution in [1.82, 2.24) is 9.80 Å². The summed E-state index contributed by atoms with van der Waals surface area (Å²) in [6.45, 7) is 20.6. The van der Waals surface area contributed by atoms with E-state index in [1.807, 2.05) is 27.7 Å². The van der Waals surface area contributed by atoms with Crippen molar-refractivity contribution in [1.29, 1.82) is 0 Å². The molecule has 0 aromatic heterocycles. The lowest BCUT2D eigenvalue weighted by Gasteiger charge is -2.41. The van der Waals surface area contributed by atoms with Crippen LogP contribution in [0.5, 0.6) is 0 Å². The number of hydrogen-bond acceptors (Lipinski definition) is 2. The van der Waals surface area contributed by atoms with Gasteiger partial charge in [0.25, 0.3) is 0 Å². The van der Waals surface area contributed by atoms with E-state index >= 15 is 0 Å². The van der Waals surface area contributed by atoms with Crippen LogP contribution in [0.4, 0.5) is 4.39 Å². The highest BCUT2D eigenvalue weighted by molar-refractivity contribution is 4.90. The Balaban J connectivity index is 0.00000112. The van der Waals surface area contributed by atoms with Crippen molar-refractivity contribution < 1.29 is 4.39 Å². The maximum Gasteiger partial charge on any atom is 0.126 e. The molecule has 23 heavy (non-hydrogen) atoms. The summed E-state index contributed by atoms with van der Waals surface area (Å²) >= 11 is 0. The van der Waals surface area contributed by atoms with Gasteiger partial charge in [0.05, 0.1) is 0 Å². The minimum absolute atomic E-state index is 0.676. The zero-order chi connectivity index (χ0) is 17.9. The molecular weight excluding hydrogens is 287 g/mol. The van der Waals surface area contributed by atoms with E-state index in [-0.39, 0.29) is 0 Å². The quantitative estimate of drug-likeness (QED) is 0.696. The minimum Gasteiger partial charge on any atom is -0.303 e. The maximum absolute atomic E-state index is 14.9. The molecule has 0 atom stereocenters. The molecule has 0 radical (unpaired) electrons. The summed E-state index contributed by atoms with van der Waals surface area (Å²) in [6.07, 6.45) is 3.97. The molecule has 2 rings (SSSR count). The zero-order valence-corrected chi connectivity index (χ0v) is 17.0. The molecule has 2 saturated heterocycles. The number of likely N-dealkylation sites (tertiary alicyclic amines) is 2. The fourth-order valence-electron chi connectivity index (χ4n) is 3.61. The zero-order valence-electron chi connectivity index (χ0n) is 17.0. The Labute approximate surface area is 145 Å². The molecule has 2 aliphatic heterocycles. The van der Waals surface area contributed by atoms with Crippen LogP contribution in [0, 0.1) is 11.8 Å². The van der Waals surface area contributed by atoms with Gasteiger partial charge in [0.2, 0.25) is 0 Å². The lowest BCUT2D eigenvalue weighted by Crippen LogP contribution is -2.50. The van der Waals surface area contributed by atoms with Crippen LogP contribution in [0.25, 0.3) is 0 Å². The van der Waals surface area contributed by atoms with Crippen LogP contribution < -0.4 is 0 Å². The Morgan fingerprint density at radius 2 is 1.39 bits per heavy atom. The molecule has 2 nitrogen and oxygen atoms in total. The predicted molar refractivity (Wildman–Crippen MR) is 102 cm³/mol. The first-order valence-electron chi connectivity index (χ1n) is 10.2. The van der Waals surface area contributed by atoms with Crippen LogP contribution in [-0.4, -0.2) is 54.7 Å². The largest absolute Gasteiger partial charge is 0.303 e. The van der Waals surface area contributed by atoms with E-state index in [9.17, 15) is 4.39 Å². The van der Waals surface area contributed by atoms with Crippen LogP contribution in [-0.2, 0) is 0 Å². The fourth-order valence-corrected chi connectivity index (χ4v) is 3.61. The highest BCUT2D eigenvalue weighted by Crippen LogP contribution is 2.30. The van der Waals surface area contributed by atoms with Crippen molar-refractivity contribution in [3.63, 3.8) is 0 Å². The molecule has 0 N–H and O–H groups in total. The lowest BCUT2D eigenvalue weighted by atomic mass is 9.85. The monoisotopic (exact) mass is 330 g/mol. The first-order chi connectivity index (χ1) is 11.0. The van der Waals surface area contributed by atoms with Gasteiger partial charge in [-0.1, -0.05) is 48.5 Å². The smallest absolute Gasteiger partial charge is 0.126 e. The third-order valence-corrected chi connectivity index (χ3v) is 5.28. The van der Waals surface area contributed by atoms with Gasteiger partial charge in [0.1, 0.15) is 5.67 Å². The molecule has 2 aliphatic rings. The third kappa shape index (κ3) is 7.98. The van der Waals surface area contributed by atoms with Crippen molar-refractivity contribution in [2.45, 2.75) is 79.8 Å². The number of rotatable bonds is 4. The van der Waals surface area contributed by atoms with Gasteiger partial charge in [-0.15, -0.1) is 0 Å². The van der Waals surface area contributed by atoms with Gasteiger partial charge in [-0.25, -0.2) is 4.39 Å². The predicted octanol–water partition coefficient (Wildman–Crippen LogP) is 5.23. The van der Waals surface area contributed by atoms with E-state index in [0.29, 0.717) is 6.54 Å². The SMILES string of the molecule is CC.CC.CCN1CCC(F)(CN2CCC(C(C)C)CC2)CC1. The fraction of sp³-hybridized carbons (Fsp3) is 1.00. The van der Waals surface area contributed by atoms with Gasteiger partial charge in [0.15, 0.2) is 0 Å². The highest BCUT2D eigenvalue weighted by atomic mass is 19.1. The first-order valence-corrected chi connectivity index (χ1v) is 10.2. The second kappa shape index (κ2) is 12.2. The summed E-state index contributed by atoms with van der Waals surface area (Å²) in [4.78, 5) is 4.74. The lowest BCUT2D eigenvalue weighted by molar-refractivity contribution is 0.0139. The topological polar surface area (TPSA) is 6.48 Å². The van der Waals surface area contributed by atoms with Crippen LogP contribution in [0.2, 0.25) is 0 Å². The Hall–Kier alpha value is -0.150. The Morgan fingerprint density at radius 1 is 0.913 bits per heavy atom. The highest BCUT2D eigenvalue weighted by Gasteiger charge is 2.36. The van der Waals surface area contributed by atoms with Gasteiger partial charge in [-0.05, 0) is 57.2 Å². The van der Waals surface area contributed by atoms with E-state index < -0.39 is 5.67 Å². The molecule has 0 spiro atoms. The number of piperidine rings is 2. The molecular formula is C20H43FN2. The van der Waals surface area contributed by atoms with Crippen LogP contribution in [0.15, 0.2) is 0 Å². The van der Waals surface area contributed by atoms with Crippen molar-refractivity contribution in [3.8, 4) is 0 Å². The molecule has 0 unspecified atom stereocenters. The molecule has 0 aliphatic carbocycles. The summed E-state index contributed by atoms with van der Waals surface area (Å²) in [5.74, 6) is 1.64. The number of alkyl halides is 1. The van der Waals surface area contributed by atoms with E-state index in [1.54, 1.807) is 0 Å².